The van der Waals surface area contributed by atoms with Gasteiger partial charge in [-0.2, -0.15) is 0 Å². The highest BCUT2D eigenvalue weighted by Gasteiger charge is 2.38. The Hall–Kier alpha value is -2.30. The summed E-state index contributed by atoms with van der Waals surface area (Å²) in [5.41, 5.74) is 10.1. The number of benzene rings is 2. The normalized spacial score (nSPS) is 20.0. The number of hydrogen-bond donors (Lipinski definition) is 0. The molecule has 222 valence electrons. The topological polar surface area (TPSA) is 44.7 Å². The number of piperidine rings is 1. The van der Waals surface area contributed by atoms with Gasteiger partial charge >= 0.3 is 0 Å². The molecule has 1 atom stereocenters. The minimum atomic E-state index is 0.0210. The van der Waals surface area contributed by atoms with Gasteiger partial charge in [0.05, 0.1) is 34.7 Å². The van der Waals surface area contributed by atoms with Crippen LogP contribution in [0.2, 0.25) is 0 Å². The first-order chi connectivity index (χ1) is 20.1. The van der Waals surface area contributed by atoms with Gasteiger partial charge < -0.3 is 14.5 Å². The zero-order valence-corrected chi connectivity index (χ0v) is 28.8. The molecule has 1 unspecified atom stereocenters. The Morgan fingerprint density at radius 2 is 1.88 bits per heavy atom. The molecule has 4 heterocycles. The molecular formula is C34H42IN5OS. The first kappa shape index (κ1) is 29.8. The number of halogens is 1. The van der Waals surface area contributed by atoms with Crippen molar-refractivity contribution in [2.45, 2.75) is 77.8 Å². The van der Waals surface area contributed by atoms with Crippen LogP contribution in [-0.4, -0.2) is 45.3 Å². The number of rotatable bonds is 5. The highest BCUT2D eigenvalue weighted by molar-refractivity contribution is 14.1. The molecule has 1 aromatic heterocycles. The van der Waals surface area contributed by atoms with Crippen LogP contribution in [0.5, 0.6) is 0 Å². The zero-order valence-electron chi connectivity index (χ0n) is 25.9. The van der Waals surface area contributed by atoms with Crippen LogP contribution >= 0.6 is 34.8 Å². The van der Waals surface area contributed by atoms with Gasteiger partial charge in [-0.05, 0) is 67.0 Å². The largest absolute Gasteiger partial charge is 0.381 e. The van der Waals surface area contributed by atoms with Crippen LogP contribution in [0.15, 0.2) is 47.5 Å². The van der Waals surface area contributed by atoms with Crippen molar-refractivity contribution in [2.75, 3.05) is 36.5 Å². The molecule has 0 radical (unpaired) electrons. The summed E-state index contributed by atoms with van der Waals surface area (Å²) in [6, 6.07) is 13.5. The summed E-state index contributed by atoms with van der Waals surface area (Å²) in [6.45, 7) is 17.2. The molecule has 42 heavy (non-hydrogen) atoms. The highest BCUT2D eigenvalue weighted by atomic mass is 127. The number of methoxy groups -OCH3 is 1. The summed E-state index contributed by atoms with van der Waals surface area (Å²) in [6.07, 6.45) is 4.33. The number of aryl methyl sites for hydroxylation is 1. The lowest BCUT2D eigenvalue weighted by Gasteiger charge is -2.45. The van der Waals surface area contributed by atoms with Gasteiger partial charge in [0.25, 0.3) is 0 Å². The minimum Gasteiger partial charge on any atom is -0.381 e. The summed E-state index contributed by atoms with van der Waals surface area (Å²) < 4.78 is 8.06. The average molecular weight is 696 g/mol. The molecule has 0 bridgehead atoms. The lowest BCUT2D eigenvalue weighted by atomic mass is 9.81. The molecule has 3 aromatic rings. The second-order valence-electron chi connectivity index (χ2n) is 12.9. The Morgan fingerprint density at radius 3 is 2.62 bits per heavy atom. The molecule has 1 fully saturated rings. The van der Waals surface area contributed by atoms with Crippen molar-refractivity contribution in [3.63, 3.8) is 0 Å². The van der Waals surface area contributed by atoms with Gasteiger partial charge in [-0.25, -0.2) is 9.97 Å². The van der Waals surface area contributed by atoms with Crippen molar-refractivity contribution in [1.82, 2.24) is 12.5 Å². The van der Waals surface area contributed by atoms with Gasteiger partial charge in [0.2, 0.25) is 0 Å². The lowest BCUT2D eigenvalue weighted by molar-refractivity contribution is -0.00647. The van der Waals surface area contributed by atoms with Crippen LogP contribution in [0, 0.1) is 12.3 Å². The number of anilines is 2. The summed E-state index contributed by atoms with van der Waals surface area (Å²) in [5.74, 6) is 2.44. The van der Waals surface area contributed by atoms with E-state index in [1.54, 1.807) is 11.9 Å². The van der Waals surface area contributed by atoms with Crippen LogP contribution in [0.25, 0.3) is 17.0 Å². The summed E-state index contributed by atoms with van der Waals surface area (Å²) in [5, 5.41) is 0. The van der Waals surface area contributed by atoms with Crippen molar-refractivity contribution >= 4 is 51.9 Å². The summed E-state index contributed by atoms with van der Waals surface area (Å²) in [7, 11) is 1.85. The van der Waals surface area contributed by atoms with Crippen LogP contribution in [-0.2, 0) is 17.7 Å². The second kappa shape index (κ2) is 11.7. The molecule has 8 heteroatoms. The van der Waals surface area contributed by atoms with Crippen molar-refractivity contribution in [3.05, 3.63) is 70.5 Å². The van der Waals surface area contributed by atoms with Crippen LogP contribution < -0.4 is 9.80 Å². The van der Waals surface area contributed by atoms with Crippen molar-refractivity contribution < 1.29 is 4.74 Å². The zero-order chi connectivity index (χ0) is 29.8. The predicted molar refractivity (Wildman–Crippen MR) is 184 cm³/mol. The lowest BCUT2D eigenvalue weighted by Crippen LogP contribution is -2.50. The van der Waals surface area contributed by atoms with Gasteiger partial charge in [-0.3, -0.25) is 2.52 Å². The molecule has 6 rings (SSSR count). The van der Waals surface area contributed by atoms with Crippen LogP contribution in [0.4, 0.5) is 11.5 Å². The number of nitrogens with zero attached hydrogens (tertiary/aromatic N) is 5. The smallest absolute Gasteiger partial charge is 0.162 e. The third-order valence-electron chi connectivity index (χ3n) is 9.14. The van der Waals surface area contributed by atoms with Gasteiger partial charge in [0.15, 0.2) is 5.82 Å². The Labute approximate surface area is 269 Å². The molecule has 0 amide bonds. The fraction of sp³-hybridized carbons (Fsp3) is 0.471. The number of hydrogen-bond acceptors (Lipinski definition) is 7. The molecule has 2 aromatic carbocycles. The van der Waals surface area contributed by atoms with E-state index in [2.05, 4.69) is 119 Å². The van der Waals surface area contributed by atoms with E-state index in [9.17, 15) is 0 Å². The first-order valence-corrected chi connectivity index (χ1v) is 16.8. The molecule has 0 N–H and O–H groups in total. The number of fused-ring (bicyclic) bond motifs is 2. The van der Waals surface area contributed by atoms with E-state index in [1.165, 1.54) is 44.1 Å². The Morgan fingerprint density at radius 1 is 1.07 bits per heavy atom. The van der Waals surface area contributed by atoms with Crippen molar-refractivity contribution in [1.29, 1.82) is 0 Å². The Bertz CT molecular complexity index is 1540. The SMILES string of the molecule is COC1CCN(c2nc(-c3cccc4c3C(C)=CN(I)S4)nc3c2CN(c2cc(C(C)C)ccc2C)CC3)CC1(C)C. The molecular weight excluding hydrogens is 653 g/mol. The maximum absolute atomic E-state index is 5.92. The molecule has 3 aliphatic rings. The van der Waals surface area contributed by atoms with E-state index in [4.69, 9.17) is 14.7 Å². The fourth-order valence-electron chi connectivity index (χ4n) is 6.80. The Kier molecular flexibility index (Phi) is 8.26. The maximum Gasteiger partial charge on any atom is 0.162 e. The third-order valence-corrected chi connectivity index (χ3v) is 10.8. The second-order valence-corrected chi connectivity index (χ2v) is 15.7. The number of aromatic nitrogens is 2. The van der Waals surface area contributed by atoms with Crippen molar-refractivity contribution in [2.24, 2.45) is 5.41 Å². The highest BCUT2D eigenvalue weighted by Crippen LogP contribution is 2.44. The molecule has 3 aliphatic heterocycles. The quantitative estimate of drug-likeness (QED) is 0.151. The number of allylic oxidation sites excluding steroid dienone is 1. The van der Waals surface area contributed by atoms with Gasteiger partial charge in [0.1, 0.15) is 5.82 Å². The average Bonchev–Trinajstić information content (AvgIpc) is 2.95. The third kappa shape index (κ3) is 5.54. The van der Waals surface area contributed by atoms with E-state index in [1.807, 2.05) is 7.11 Å². The van der Waals surface area contributed by atoms with E-state index in [0.29, 0.717) is 5.92 Å². The molecule has 0 saturated carbocycles. The van der Waals surface area contributed by atoms with Crippen LogP contribution in [0.1, 0.15) is 74.9 Å². The monoisotopic (exact) mass is 695 g/mol. The van der Waals surface area contributed by atoms with Gasteiger partial charge in [-0.1, -0.05) is 52.0 Å². The molecule has 6 nitrogen and oxygen atoms in total. The molecule has 0 aliphatic carbocycles. The Balaban J connectivity index is 1.46. The van der Waals surface area contributed by atoms with E-state index in [-0.39, 0.29) is 11.5 Å². The maximum atomic E-state index is 5.92. The molecule has 1 saturated heterocycles. The summed E-state index contributed by atoms with van der Waals surface area (Å²) >= 11 is 4.09. The standard InChI is InChI=1S/C34H42IN5OS/c1-21(2)24-12-11-22(3)28(17-24)38-15-13-27-26(19-38)33(39-16-14-30(41-7)34(5,6)20-39)37-32(36-27)25-9-8-10-29-31(25)23(4)18-40(35)42-29/h8-12,17-18,21,30H,13-16,19-20H2,1-7H3. The van der Waals surface area contributed by atoms with E-state index in [0.717, 1.165) is 56.2 Å². The number of ether oxygens (including phenoxy) is 1. The van der Waals surface area contributed by atoms with Crippen LogP contribution in [0.3, 0.4) is 0 Å². The minimum absolute atomic E-state index is 0.0210. The fourth-order valence-corrected chi connectivity index (χ4v) is 8.76. The van der Waals surface area contributed by atoms with E-state index < -0.39 is 0 Å². The first-order valence-electron chi connectivity index (χ1n) is 15.0. The predicted octanol–water partition coefficient (Wildman–Crippen LogP) is 8.42. The van der Waals surface area contributed by atoms with Crippen molar-refractivity contribution in [3.8, 4) is 11.4 Å². The van der Waals surface area contributed by atoms with Gasteiger partial charge in [-0.15, -0.1) is 0 Å². The van der Waals surface area contributed by atoms with E-state index >= 15 is 0 Å². The summed E-state index contributed by atoms with van der Waals surface area (Å²) in [4.78, 5) is 17.1. The molecule has 0 spiro atoms. The van der Waals surface area contributed by atoms with Gasteiger partial charge in [0, 0.05) is 78.6 Å².